The average Bonchev–Trinajstić information content (AvgIpc) is 2.79. The number of hydrogen-bond donors (Lipinski definition) is 4. The van der Waals surface area contributed by atoms with Crippen LogP contribution in [-0.4, -0.2) is 70.0 Å². The molecule has 1 aromatic rings. The highest BCUT2D eigenvalue weighted by Gasteiger charge is 2.29. The number of anilines is 1. The van der Waals surface area contributed by atoms with Gasteiger partial charge in [0.2, 0.25) is 11.8 Å². The molecule has 2 unspecified atom stereocenters. The second kappa shape index (κ2) is 11.5. The number of nitrogens with one attached hydrogen (secondary N) is 1. The highest BCUT2D eigenvalue weighted by atomic mass is 16.5. The summed E-state index contributed by atoms with van der Waals surface area (Å²) in [6.07, 6.45) is 4.62. The lowest BCUT2D eigenvalue weighted by Crippen LogP contribution is -2.48. The van der Waals surface area contributed by atoms with Crippen LogP contribution < -0.4 is 10.1 Å². The molecular weight excluding hydrogens is 400 g/mol. The Balaban J connectivity index is 1.50. The van der Waals surface area contributed by atoms with E-state index >= 15 is 0 Å². The molecule has 2 aliphatic rings. The molecule has 0 saturated heterocycles. The summed E-state index contributed by atoms with van der Waals surface area (Å²) >= 11 is 0. The first kappa shape index (κ1) is 23.5. The number of carbonyl (C=O) groups is 2. The summed E-state index contributed by atoms with van der Waals surface area (Å²) in [5, 5.41) is 31.8. The van der Waals surface area contributed by atoms with E-state index in [1.807, 2.05) is 18.2 Å². The second-order valence-corrected chi connectivity index (χ2v) is 8.47. The second-order valence-electron chi connectivity index (χ2n) is 8.47. The normalized spacial score (nSPS) is 18.6. The summed E-state index contributed by atoms with van der Waals surface area (Å²) in [6.45, 7) is -0.119. The third-order valence-corrected chi connectivity index (χ3v) is 6.13. The molecule has 2 atom stereocenters. The molecule has 1 aliphatic heterocycles. The van der Waals surface area contributed by atoms with Gasteiger partial charge in [0, 0.05) is 31.1 Å². The van der Waals surface area contributed by atoms with Crippen molar-refractivity contribution in [1.29, 1.82) is 0 Å². The summed E-state index contributed by atoms with van der Waals surface area (Å²) in [7, 11) is 0. The first-order valence-corrected chi connectivity index (χ1v) is 11.3. The molecule has 8 nitrogen and oxygen atoms in total. The number of hydrogen-bond acceptors (Lipinski definition) is 6. The molecule has 0 aromatic heterocycles. The Hall–Kier alpha value is -2.16. The first-order valence-electron chi connectivity index (χ1n) is 11.3. The van der Waals surface area contributed by atoms with E-state index < -0.39 is 18.8 Å². The van der Waals surface area contributed by atoms with Gasteiger partial charge in [-0.25, -0.2) is 0 Å². The van der Waals surface area contributed by atoms with Crippen molar-refractivity contribution in [1.82, 2.24) is 4.90 Å². The van der Waals surface area contributed by atoms with E-state index in [-0.39, 0.29) is 24.4 Å². The van der Waals surface area contributed by atoms with E-state index in [0.717, 1.165) is 43.4 Å². The number of amides is 2. The molecule has 4 N–H and O–H groups in total. The Morgan fingerprint density at radius 2 is 1.94 bits per heavy atom. The summed E-state index contributed by atoms with van der Waals surface area (Å²) in [5.41, 5.74) is 1.87. The zero-order valence-corrected chi connectivity index (χ0v) is 18.0. The Bertz CT molecular complexity index is 750. The predicted molar refractivity (Wildman–Crippen MR) is 116 cm³/mol. The highest BCUT2D eigenvalue weighted by molar-refractivity contribution is 5.94. The van der Waals surface area contributed by atoms with Crippen LogP contribution in [0.15, 0.2) is 18.2 Å². The quantitative estimate of drug-likeness (QED) is 0.416. The fourth-order valence-electron chi connectivity index (χ4n) is 4.30. The van der Waals surface area contributed by atoms with Crippen LogP contribution in [0.3, 0.4) is 0 Å². The zero-order valence-electron chi connectivity index (χ0n) is 18.0. The van der Waals surface area contributed by atoms with Gasteiger partial charge in [0.05, 0.1) is 19.3 Å². The summed E-state index contributed by atoms with van der Waals surface area (Å²) in [4.78, 5) is 26.0. The monoisotopic (exact) mass is 434 g/mol. The fraction of sp³-hybridized carbons (Fsp3) is 0.652. The van der Waals surface area contributed by atoms with E-state index in [4.69, 9.17) is 9.84 Å². The van der Waals surface area contributed by atoms with Gasteiger partial charge in [0.15, 0.2) is 0 Å². The average molecular weight is 435 g/mol. The number of benzene rings is 1. The summed E-state index contributed by atoms with van der Waals surface area (Å²) in [6, 6.07) is 5.65. The Kier molecular flexibility index (Phi) is 8.69. The number of nitrogens with zero attached hydrogens (tertiary/aromatic N) is 1. The highest BCUT2D eigenvalue weighted by Crippen LogP contribution is 2.27. The molecule has 0 spiro atoms. The van der Waals surface area contributed by atoms with Crippen LogP contribution in [-0.2, 0) is 16.0 Å². The zero-order chi connectivity index (χ0) is 22.2. The van der Waals surface area contributed by atoms with Gasteiger partial charge in [0.1, 0.15) is 11.9 Å². The number of aliphatic hydroxyl groups is 3. The molecule has 1 aliphatic carbocycles. The maximum atomic E-state index is 12.9. The topological polar surface area (TPSA) is 119 Å². The van der Waals surface area contributed by atoms with Crippen molar-refractivity contribution >= 4 is 17.5 Å². The van der Waals surface area contributed by atoms with E-state index in [1.165, 1.54) is 0 Å². The van der Waals surface area contributed by atoms with Crippen LogP contribution in [0.4, 0.5) is 5.69 Å². The van der Waals surface area contributed by atoms with Gasteiger partial charge in [-0.1, -0.05) is 19.3 Å². The number of aryl methyl sites for hydroxylation is 1. The van der Waals surface area contributed by atoms with Crippen molar-refractivity contribution in [3.63, 3.8) is 0 Å². The van der Waals surface area contributed by atoms with Gasteiger partial charge >= 0.3 is 0 Å². The SMILES string of the molecule is O=C1CCc2cc(OCCCC(=O)N(CC(O)C(O)CO)C3CCCCC3)ccc2N1. The number of aliphatic hydroxyl groups excluding tert-OH is 3. The standard InChI is InChI=1S/C23H34N2O6/c26-15-21(28)20(27)14-25(17-5-2-1-3-6-17)23(30)7-4-12-31-18-9-10-19-16(13-18)8-11-22(29)24-19/h9-10,13,17,20-21,26-28H,1-8,11-12,14-15H2,(H,24,29). The van der Waals surface area contributed by atoms with E-state index in [9.17, 15) is 19.8 Å². The number of carbonyl (C=O) groups excluding carboxylic acids is 2. The Labute approximate surface area is 183 Å². The number of fused-ring (bicyclic) bond motifs is 1. The van der Waals surface area contributed by atoms with Crippen molar-refractivity contribution in [2.24, 2.45) is 0 Å². The molecule has 31 heavy (non-hydrogen) atoms. The van der Waals surface area contributed by atoms with Crippen LogP contribution in [0.5, 0.6) is 5.75 Å². The largest absolute Gasteiger partial charge is 0.494 e. The van der Waals surface area contributed by atoms with Gasteiger partial charge in [-0.3, -0.25) is 9.59 Å². The molecule has 1 aromatic carbocycles. The van der Waals surface area contributed by atoms with E-state index in [0.29, 0.717) is 38.0 Å². The Morgan fingerprint density at radius 3 is 2.68 bits per heavy atom. The summed E-state index contributed by atoms with van der Waals surface area (Å²) in [5.74, 6) is 0.680. The molecule has 172 valence electrons. The number of rotatable bonds is 10. The Morgan fingerprint density at radius 1 is 1.16 bits per heavy atom. The van der Waals surface area contributed by atoms with Crippen LogP contribution in [0.25, 0.3) is 0 Å². The van der Waals surface area contributed by atoms with Crippen LogP contribution in [0.2, 0.25) is 0 Å². The molecule has 3 rings (SSSR count). The third kappa shape index (κ3) is 6.66. The lowest BCUT2D eigenvalue weighted by atomic mass is 9.93. The number of ether oxygens (including phenoxy) is 1. The molecule has 8 heteroatoms. The lowest BCUT2D eigenvalue weighted by Gasteiger charge is -2.36. The molecule has 0 radical (unpaired) electrons. The van der Waals surface area contributed by atoms with Gasteiger partial charge in [-0.2, -0.15) is 0 Å². The summed E-state index contributed by atoms with van der Waals surface area (Å²) < 4.78 is 5.81. The molecule has 1 fully saturated rings. The van der Waals surface area contributed by atoms with Crippen LogP contribution in [0, 0.1) is 0 Å². The minimum Gasteiger partial charge on any atom is -0.494 e. The van der Waals surface area contributed by atoms with Crippen molar-refractivity contribution in [2.75, 3.05) is 25.1 Å². The smallest absolute Gasteiger partial charge is 0.224 e. The van der Waals surface area contributed by atoms with Crippen molar-refractivity contribution in [3.8, 4) is 5.75 Å². The maximum Gasteiger partial charge on any atom is 0.224 e. The van der Waals surface area contributed by atoms with Crippen molar-refractivity contribution in [2.45, 2.75) is 76.0 Å². The van der Waals surface area contributed by atoms with Gasteiger partial charge < -0.3 is 30.3 Å². The minimum absolute atomic E-state index is 0.0267. The van der Waals surface area contributed by atoms with Gasteiger partial charge in [-0.15, -0.1) is 0 Å². The third-order valence-electron chi connectivity index (χ3n) is 6.13. The van der Waals surface area contributed by atoms with Crippen molar-refractivity contribution in [3.05, 3.63) is 23.8 Å². The fourth-order valence-corrected chi connectivity index (χ4v) is 4.30. The molecule has 1 saturated carbocycles. The molecule has 0 bridgehead atoms. The van der Waals surface area contributed by atoms with E-state index in [2.05, 4.69) is 5.32 Å². The van der Waals surface area contributed by atoms with Crippen LogP contribution in [0.1, 0.15) is 56.9 Å². The first-order chi connectivity index (χ1) is 15.0. The van der Waals surface area contributed by atoms with Gasteiger partial charge in [0.25, 0.3) is 0 Å². The van der Waals surface area contributed by atoms with Crippen LogP contribution >= 0.6 is 0 Å². The maximum absolute atomic E-state index is 12.9. The minimum atomic E-state index is -1.25. The molecule has 1 heterocycles. The molecular formula is C23H34N2O6. The van der Waals surface area contributed by atoms with Crippen molar-refractivity contribution < 1.29 is 29.6 Å². The lowest BCUT2D eigenvalue weighted by molar-refractivity contribution is -0.138. The predicted octanol–water partition coefficient (Wildman–Crippen LogP) is 1.61. The molecule has 2 amide bonds. The van der Waals surface area contributed by atoms with Gasteiger partial charge in [-0.05, 0) is 49.4 Å². The van der Waals surface area contributed by atoms with E-state index in [1.54, 1.807) is 4.90 Å².